The number of hydrogen-bond donors (Lipinski definition) is 1. The minimum absolute atomic E-state index is 0.234. The topological polar surface area (TPSA) is 82.0 Å². The minimum Gasteiger partial charge on any atom is -0.388 e. The van der Waals surface area contributed by atoms with Gasteiger partial charge in [-0.2, -0.15) is 4.68 Å². The Morgan fingerprint density at radius 3 is 2.52 bits per heavy atom. The molecule has 0 bridgehead atoms. The first kappa shape index (κ1) is 20.8. The molecule has 7 nitrogen and oxygen atoms in total. The van der Waals surface area contributed by atoms with Crippen LogP contribution < -0.4 is 11.2 Å². The zero-order valence-electron chi connectivity index (χ0n) is 17.2. The van der Waals surface area contributed by atoms with Crippen molar-refractivity contribution in [3.63, 3.8) is 0 Å². The van der Waals surface area contributed by atoms with Crippen LogP contribution in [0.5, 0.6) is 0 Å². The molecule has 158 valence electrons. The normalized spacial score (nSPS) is 11.2. The molecule has 0 aliphatic heterocycles. The summed E-state index contributed by atoms with van der Waals surface area (Å²) in [5.74, 6) is 0.279. The van der Waals surface area contributed by atoms with E-state index in [2.05, 4.69) is 11.7 Å². The summed E-state index contributed by atoms with van der Waals surface area (Å²) in [6.45, 7) is 7.76. The molecule has 2 heterocycles. The van der Waals surface area contributed by atoms with Gasteiger partial charge in [-0.25, -0.2) is 4.79 Å². The van der Waals surface area contributed by atoms with E-state index in [1.807, 2.05) is 19.9 Å². The van der Waals surface area contributed by atoms with Gasteiger partial charge in [-0.1, -0.05) is 30.3 Å². The van der Waals surface area contributed by atoms with Gasteiger partial charge in [0.25, 0.3) is 5.56 Å². The molecule has 31 heavy (non-hydrogen) atoms. The van der Waals surface area contributed by atoms with Crippen molar-refractivity contribution in [2.24, 2.45) is 0 Å². The maximum atomic E-state index is 13.3. The SMILES string of the molecule is C=C(C)c1cn(-c2ccccc2Cl)c(=O)c2ccc(-n3nc(CO)n(CC)c3=O)cc12. The first-order chi connectivity index (χ1) is 14.9. The van der Waals surface area contributed by atoms with Crippen LogP contribution in [0.4, 0.5) is 0 Å². The maximum Gasteiger partial charge on any atom is 0.350 e. The predicted molar refractivity (Wildman–Crippen MR) is 122 cm³/mol. The highest BCUT2D eigenvalue weighted by molar-refractivity contribution is 6.32. The van der Waals surface area contributed by atoms with Gasteiger partial charge in [0.2, 0.25) is 0 Å². The summed E-state index contributed by atoms with van der Waals surface area (Å²) < 4.78 is 4.14. The van der Waals surface area contributed by atoms with Crippen molar-refractivity contribution in [3.8, 4) is 11.4 Å². The largest absolute Gasteiger partial charge is 0.388 e. The minimum atomic E-state index is -0.354. The summed E-state index contributed by atoms with van der Waals surface area (Å²) in [7, 11) is 0. The van der Waals surface area contributed by atoms with Gasteiger partial charge in [-0.05, 0) is 55.1 Å². The number of fused-ring (bicyclic) bond motifs is 1. The van der Waals surface area contributed by atoms with Crippen molar-refractivity contribution in [2.75, 3.05) is 0 Å². The monoisotopic (exact) mass is 436 g/mol. The summed E-state index contributed by atoms with van der Waals surface area (Å²) in [6.07, 6.45) is 1.71. The van der Waals surface area contributed by atoms with Crippen molar-refractivity contribution in [3.05, 3.63) is 92.5 Å². The van der Waals surface area contributed by atoms with E-state index >= 15 is 0 Å². The lowest BCUT2D eigenvalue weighted by Crippen LogP contribution is -2.24. The van der Waals surface area contributed by atoms with Gasteiger partial charge in [0.1, 0.15) is 6.61 Å². The second-order valence-corrected chi connectivity index (χ2v) is 7.60. The fourth-order valence-corrected chi connectivity index (χ4v) is 3.89. The summed E-state index contributed by atoms with van der Waals surface area (Å²) >= 11 is 6.33. The Kier molecular flexibility index (Phi) is 5.39. The molecule has 8 heteroatoms. The van der Waals surface area contributed by atoms with Crippen LogP contribution >= 0.6 is 11.6 Å². The van der Waals surface area contributed by atoms with E-state index in [4.69, 9.17) is 11.6 Å². The Hall–Kier alpha value is -3.42. The number of aliphatic hydroxyl groups excluding tert-OH is 1. The molecule has 0 spiro atoms. The number of hydrogen-bond acceptors (Lipinski definition) is 4. The molecule has 0 aliphatic carbocycles. The van der Waals surface area contributed by atoms with Crippen LogP contribution in [0.25, 0.3) is 27.7 Å². The van der Waals surface area contributed by atoms with Crippen LogP contribution in [-0.4, -0.2) is 24.0 Å². The molecule has 0 radical (unpaired) electrons. The first-order valence-corrected chi connectivity index (χ1v) is 10.1. The molecule has 0 unspecified atom stereocenters. The average molecular weight is 437 g/mol. The van der Waals surface area contributed by atoms with Gasteiger partial charge < -0.3 is 5.11 Å². The summed E-state index contributed by atoms with van der Waals surface area (Å²) in [4.78, 5) is 26.0. The van der Waals surface area contributed by atoms with Crippen molar-refractivity contribution in [1.29, 1.82) is 0 Å². The van der Waals surface area contributed by atoms with Crippen molar-refractivity contribution < 1.29 is 5.11 Å². The van der Waals surface area contributed by atoms with Gasteiger partial charge in [0, 0.05) is 23.7 Å². The summed E-state index contributed by atoms with van der Waals surface area (Å²) in [5.41, 5.74) is 1.99. The predicted octanol–water partition coefficient (Wildman–Crippen LogP) is 3.54. The number of pyridine rings is 1. The Morgan fingerprint density at radius 1 is 1.16 bits per heavy atom. The van der Waals surface area contributed by atoms with Crippen LogP contribution in [0.3, 0.4) is 0 Å². The second kappa shape index (κ2) is 8.02. The van der Waals surface area contributed by atoms with Crippen molar-refractivity contribution >= 4 is 27.9 Å². The molecule has 0 aliphatic rings. The lowest BCUT2D eigenvalue weighted by atomic mass is 10.0. The number of aliphatic hydroxyl groups is 1. The molecule has 4 aromatic rings. The summed E-state index contributed by atoms with van der Waals surface area (Å²) in [6, 6.07) is 12.2. The third kappa shape index (κ3) is 3.41. The quantitative estimate of drug-likeness (QED) is 0.518. The highest BCUT2D eigenvalue weighted by atomic mass is 35.5. The van der Waals surface area contributed by atoms with E-state index in [0.717, 1.165) is 11.1 Å². The number of allylic oxidation sites excluding steroid dienone is 1. The number of nitrogens with zero attached hydrogens (tertiary/aromatic N) is 4. The molecule has 0 amide bonds. The molecule has 0 saturated heterocycles. The smallest absolute Gasteiger partial charge is 0.350 e. The molecule has 2 aromatic heterocycles. The van der Waals surface area contributed by atoms with E-state index in [1.165, 1.54) is 13.8 Å². The Bertz CT molecular complexity index is 1450. The van der Waals surface area contributed by atoms with E-state index < -0.39 is 0 Å². The van der Waals surface area contributed by atoms with Crippen molar-refractivity contribution in [2.45, 2.75) is 27.0 Å². The maximum absolute atomic E-state index is 13.3. The third-order valence-electron chi connectivity index (χ3n) is 5.21. The third-order valence-corrected chi connectivity index (χ3v) is 5.53. The van der Waals surface area contributed by atoms with Gasteiger partial charge >= 0.3 is 5.69 Å². The van der Waals surface area contributed by atoms with Crippen LogP contribution in [-0.2, 0) is 13.2 Å². The molecule has 0 fully saturated rings. The van der Waals surface area contributed by atoms with E-state index in [1.54, 1.807) is 42.6 Å². The Balaban J connectivity index is 2.01. The van der Waals surface area contributed by atoms with Gasteiger partial charge in [-0.3, -0.25) is 13.9 Å². The van der Waals surface area contributed by atoms with Crippen LogP contribution in [0.15, 0.2) is 64.8 Å². The number of halogens is 1. The molecule has 0 saturated carbocycles. The first-order valence-electron chi connectivity index (χ1n) is 9.77. The molecular formula is C23H21ClN4O3. The fraction of sp³-hybridized carbons (Fsp3) is 0.174. The highest BCUT2D eigenvalue weighted by Gasteiger charge is 2.16. The lowest BCUT2D eigenvalue weighted by Gasteiger charge is -2.14. The zero-order valence-corrected chi connectivity index (χ0v) is 17.9. The van der Waals surface area contributed by atoms with E-state index in [9.17, 15) is 14.7 Å². The second-order valence-electron chi connectivity index (χ2n) is 7.19. The van der Waals surface area contributed by atoms with Gasteiger partial charge in [0.15, 0.2) is 5.82 Å². The van der Waals surface area contributed by atoms with Gasteiger partial charge in [0.05, 0.1) is 16.4 Å². The standard InChI is InChI=1S/C23H21ClN4O3/c1-4-26-21(13-29)25-28(23(26)31)15-9-10-16-17(11-15)18(14(2)3)12-27(22(16)30)20-8-6-5-7-19(20)24/h5-12,29H,2,4,13H2,1,3H3. The lowest BCUT2D eigenvalue weighted by molar-refractivity contribution is 0.264. The van der Waals surface area contributed by atoms with E-state index in [0.29, 0.717) is 33.7 Å². The molecule has 4 rings (SSSR count). The Morgan fingerprint density at radius 2 is 1.90 bits per heavy atom. The molecule has 1 N–H and O–H groups in total. The van der Waals surface area contributed by atoms with Crippen LogP contribution in [0.1, 0.15) is 25.2 Å². The molecular weight excluding hydrogens is 416 g/mol. The zero-order chi connectivity index (χ0) is 22.3. The number of benzene rings is 2. The van der Waals surface area contributed by atoms with Crippen LogP contribution in [0, 0.1) is 0 Å². The number of aromatic nitrogens is 4. The highest BCUT2D eigenvalue weighted by Crippen LogP contribution is 2.27. The van der Waals surface area contributed by atoms with Crippen LogP contribution in [0.2, 0.25) is 5.02 Å². The van der Waals surface area contributed by atoms with Crippen molar-refractivity contribution in [1.82, 2.24) is 18.9 Å². The molecule has 0 atom stereocenters. The summed E-state index contributed by atoms with van der Waals surface area (Å²) in [5, 5.41) is 15.3. The van der Waals surface area contributed by atoms with E-state index in [-0.39, 0.29) is 23.7 Å². The Labute approximate surface area is 183 Å². The van der Waals surface area contributed by atoms with Gasteiger partial charge in [-0.15, -0.1) is 5.10 Å². The number of para-hydroxylation sites is 1. The number of rotatable bonds is 5. The fourth-order valence-electron chi connectivity index (χ4n) is 3.67. The molecule has 2 aromatic carbocycles. The average Bonchev–Trinajstić information content (AvgIpc) is 3.09.